The molecule has 1 rings (SSSR count). The maximum atomic E-state index is 11.9. The fourth-order valence-corrected chi connectivity index (χ4v) is 2.24. The number of hydrogen-bond donors (Lipinski definition) is 0. The minimum absolute atomic E-state index is 0.0814. The molecule has 1 amide bonds. The van der Waals surface area contributed by atoms with Gasteiger partial charge in [0.1, 0.15) is 6.04 Å². The van der Waals surface area contributed by atoms with Crippen molar-refractivity contribution in [1.82, 2.24) is 9.80 Å². The Morgan fingerprint density at radius 3 is 2.72 bits per heavy atom. The number of likely N-dealkylation sites (N-methyl/N-ethyl adjacent to an activating group) is 1. The zero-order valence-electron chi connectivity index (χ0n) is 11.6. The molecule has 0 radical (unpaired) electrons. The number of ether oxygens (including phenoxy) is 1. The molecule has 1 aliphatic heterocycles. The van der Waals surface area contributed by atoms with Gasteiger partial charge < -0.3 is 9.64 Å². The summed E-state index contributed by atoms with van der Waals surface area (Å²) >= 11 is 0. The Balaban J connectivity index is 2.71. The van der Waals surface area contributed by atoms with Crippen LogP contribution in [0.15, 0.2) is 0 Å². The van der Waals surface area contributed by atoms with Crippen molar-refractivity contribution < 1.29 is 14.3 Å². The average Bonchev–Trinajstić information content (AvgIpc) is 2.49. The van der Waals surface area contributed by atoms with Crippen molar-refractivity contribution >= 4 is 11.9 Å². The molecule has 1 fully saturated rings. The van der Waals surface area contributed by atoms with Crippen LogP contribution in [0.5, 0.6) is 0 Å². The molecule has 0 N–H and O–H groups in total. The molecule has 0 aromatic rings. The van der Waals surface area contributed by atoms with Crippen molar-refractivity contribution in [3.63, 3.8) is 0 Å². The van der Waals surface area contributed by atoms with Gasteiger partial charge in [-0.05, 0) is 19.8 Å². The number of hydrogen-bond acceptors (Lipinski definition) is 4. The first-order chi connectivity index (χ1) is 8.60. The van der Waals surface area contributed by atoms with Crippen LogP contribution in [0.4, 0.5) is 0 Å². The summed E-state index contributed by atoms with van der Waals surface area (Å²) in [5.74, 6) is -0.116. The summed E-state index contributed by atoms with van der Waals surface area (Å²) < 4.78 is 5.11. The lowest BCUT2D eigenvalue weighted by Gasteiger charge is -2.27. The minimum atomic E-state index is -0.273. The van der Waals surface area contributed by atoms with Gasteiger partial charge in [-0.2, -0.15) is 0 Å². The molecule has 1 aliphatic rings. The van der Waals surface area contributed by atoms with Crippen molar-refractivity contribution in [3.8, 4) is 0 Å². The monoisotopic (exact) mass is 256 g/mol. The highest BCUT2D eigenvalue weighted by molar-refractivity contribution is 5.80. The van der Waals surface area contributed by atoms with Crippen LogP contribution in [-0.4, -0.2) is 61.0 Å². The third kappa shape index (κ3) is 3.98. The zero-order valence-corrected chi connectivity index (χ0v) is 11.6. The largest absolute Gasteiger partial charge is 0.465 e. The molecule has 0 bridgehead atoms. The molecule has 0 saturated carbocycles. The molecule has 0 aromatic heterocycles. The van der Waals surface area contributed by atoms with Crippen LogP contribution in [0.3, 0.4) is 0 Å². The number of nitrogens with zero attached hydrogens (tertiary/aromatic N) is 2. The minimum Gasteiger partial charge on any atom is -0.465 e. The van der Waals surface area contributed by atoms with E-state index in [1.165, 1.54) is 0 Å². The molecule has 1 heterocycles. The predicted octanol–water partition coefficient (Wildman–Crippen LogP) is 0.882. The van der Waals surface area contributed by atoms with E-state index in [0.717, 1.165) is 32.4 Å². The summed E-state index contributed by atoms with van der Waals surface area (Å²) in [6, 6.07) is -0.273. The van der Waals surface area contributed by atoms with Gasteiger partial charge in [-0.25, -0.2) is 0 Å². The predicted molar refractivity (Wildman–Crippen MR) is 69.2 cm³/mol. The molecule has 5 heteroatoms. The maximum Gasteiger partial charge on any atom is 0.323 e. The van der Waals surface area contributed by atoms with E-state index in [2.05, 4.69) is 0 Å². The number of rotatable bonds is 5. The van der Waals surface area contributed by atoms with Gasteiger partial charge in [-0.1, -0.05) is 13.3 Å². The van der Waals surface area contributed by atoms with Gasteiger partial charge in [0.05, 0.1) is 13.2 Å². The average molecular weight is 256 g/mol. The van der Waals surface area contributed by atoms with Gasteiger partial charge in [-0.15, -0.1) is 0 Å². The smallest absolute Gasteiger partial charge is 0.323 e. The number of amides is 1. The second-order valence-corrected chi connectivity index (χ2v) is 4.70. The quantitative estimate of drug-likeness (QED) is 0.685. The van der Waals surface area contributed by atoms with E-state index in [9.17, 15) is 9.59 Å². The van der Waals surface area contributed by atoms with Gasteiger partial charge in [0.15, 0.2) is 0 Å². The third-order valence-electron chi connectivity index (χ3n) is 3.26. The molecule has 1 saturated heterocycles. The molecular formula is C13H24N2O3. The fraction of sp³-hybridized carbons (Fsp3) is 0.846. The fourth-order valence-electron chi connectivity index (χ4n) is 2.24. The van der Waals surface area contributed by atoms with Crippen LogP contribution in [0.1, 0.15) is 33.1 Å². The highest BCUT2D eigenvalue weighted by atomic mass is 16.5. The number of carbonyl (C=O) groups is 2. The summed E-state index contributed by atoms with van der Waals surface area (Å²) in [6.45, 7) is 6.09. The lowest BCUT2D eigenvalue weighted by atomic mass is 10.1. The summed E-state index contributed by atoms with van der Waals surface area (Å²) in [6.07, 6.45) is 2.56. The lowest BCUT2D eigenvalue weighted by molar-refractivity contribution is -0.150. The van der Waals surface area contributed by atoms with Gasteiger partial charge >= 0.3 is 5.97 Å². The summed E-state index contributed by atoms with van der Waals surface area (Å²) in [5, 5.41) is 0. The standard InChI is InChI=1S/C13H24N2O3/c1-4-7-11(13(17)18-5-2)15-9-6-8-14(3)12(16)10-15/h11H,4-10H2,1-3H3. The first kappa shape index (κ1) is 15.0. The van der Waals surface area contributed by atoms with Crippen molar-refractivity contribution in [3.05, 3.63) is 0 Å². The molecule has 0 aromatic carbocycles. The summed E-state index contributed by atoms with van der Waals surface area (Å²) in [4.78, 5) is 27.5. The number of esters is 1. The van der Waals surface area contributed by atoms with Crippen LogP contribution in [0, 0.1) is 0 Å². The van der Waals surface area contributed by atoms with E-state index in [-0.39, 0.29) is 17.9 Å². The third-order valence-corrected chi connectivity index (χ3v) is 3.26. The van der Waals surface area contributed by atoms with E-state index in [1.54, 1.807) is 4.90 Å². The number of carbonyl (C=O) groups excluding carboxylic acids is 2. The van der Waals surface area contributed by atoms with Crippen LogP contribution in [-0.2, 0) is 14.3 Å². The Morgan fingerprint density at radius 2 is 2.11 bits per heavy atom. The first-order valence-electron chi connectivity index (χ1n) is 6.74. The highest BCUT2D eigenvalue weighted by Gasteiger charge is 2.30. The molecule has 5 nitrogen and oxygen atoms in total. The van der Waals surface area contributed by atoms with Crippen LogP contribution in [0.2, 0.25) is 0 Å². The zero-order chi connectivity index (χ0) is 13.5. The van der Waals surface area contributed by atoms with E-state index < -0.39 is 0 Å². The maximum absolute atomic E-state index is 11.9. The van der Waals surface area contributed by atoms with Gasteiger partial charge in [0.2, 0.25) is 5.91 Å². The highest BCUT2D eigenvalue weighted by Crippen LogP contribution is 2.13. The molecule has 104 valence electrons. The SMILES string of the molecule is CCCC(C(=O)OCC)N1CCCN(C)C(=O)C1. The summed E-state index contributed by atoms with van der Waals surface area (Å²) in [5.41, 5.74) is 0. The van der Waals surface area contributed by atoms with Crippen LogP contribution >= 0.6 is 0 Å². The molecular weight excluding hydrogens is 232 g/mol. The first-order valence-corrected chi connectivity index (χ1v) is 6.74. The second kappa shape index (κ2) is 7.36. The Hall–Kier alpha value is -1.10. The van der Waals surface area contributed by atoms with Crippen molar-refractivity contribution in [2.75, 3.05) is 33.3 Å². The van der Waals surface area contributed by atoms with Gasteiger partial charge in [-0.3, -0.25) is 14.5 Å². The normalized spacial score (nSPS) is 19.5. The van der Waals surface area contributed by atoms with Crippen molar-refractivity contribution in [1.29, 1.82) is 0 Å². The van der Waals surface area contributed by atoms with Gasteiger partial charge in [0.25, 0.3) is 0 Å². The molecule has 1 unspecified atom stereocenters. The second-order valence-electron chi connectivity index (χ2n) is 4.70. The molecule has 0 spiro atoms. The lowest BCUT2D eigenvalue weighted by Crippen LogP contribution is -2.45. The van der Waals surface area contributed by atoms with E-state index in [4.69, 9.17) is 4.74 Å². The van der Waals surface area contributed by atoms with E-state index >= 15 is 0 Å². The van der Waals surface area contributed by atoms with Crippen molar-refractivity contribution in [2.24, 2.45) is 0 Å². The van der Waals surface area contributed by atoms with E-state index in [1.807, 2.05) is 25.8 Å². The molecule has 18 heavy (non-hydrogen) atoms. The van der Waals surface area contributed by atoms with Crippen LogP contribution < -0.4 is 0 Å². The van der Waals surface area contributed by atoms with Gasteiger partial charge in [0, 0.05) is 20.1 Å². The summed E-state index contributed by atoms with van der Waals surface area (Å²) in [7, 11) is 1.81. The Morgan fingerprint density at radius 1 is 1.39 bits per heavy atom. The topological polar surface area (TPSA) is 49.9 Å². The van der Waals surface area contributed by atoms with Crippen LogP contribution in [0.25, 0.3) is 0 Å². The molecule has 0 aliphatic carbocycles. The molecule has 1 atom stereocenters. The Kier molecular flexibility index (Phi) is 6.12. The Labute approximate surface area is 109 Å². The van der Waals surface area contributed by atoms with E-state index in [0.29, 0.717) is 13.2 Å². The van der Waals surface area contributed by atoms with Crippen molar-refractivity contribution in [2.45, 2.75) is 39.2 Å². The Bertz CT molecular complexity index is 294.